The molecule has 1 fully saturated rings. The van der Waals surface area contributed by atoms with Crippen LogP contribution in [0.1, 0.15) is 71.1 Å². The van der Waals surface area contributed by atoms with Gasteiger partial charge in [-0.05, 0) is 58.4 Å². The number of allylic oxidation sites excluding steroid dienone is 5. The normalized spacial score (nSPS) is 16.5. The Labute approximate surface area is 299 Å². The van der Waals surface area contributed by atoms with E-state index in [0.29, 0.717) is 12.0 Å². The van der Waals surface area contributed by atoms with Crippen LogP contribution in [0.15, 0.2) is 126 Å². The first-order chi connectivity index (χ1) is 22.3. The molecule has 1 heterocycles. The fourth-order valence-corrected chi connectivity index (χ4v) is 5.58. The fraction of sp³-hybridized carbons (Fsp3) is 0.375. The van der Waals surface area contributed by atoms with Crippen molar-refractivity contribution in [2.75, 3.05) is 13.2 Å². The average molecular weight is 711 g/mol. The number of benzene rings is 3. The molecule has 5 rings (SSSR count). The summed E-state index contributed by atoms with van der Waals surface area (Å²) in [4.78, 5) is 13.7. The predicted molar refractivity (Wildman–Crippen MR) is 193 cm³/mol. The molecular weight excluding hydrogens is 661 g/mol. The van der Waals surface area contributed by atoms with Crippen molar-refractivity contribution in [2.45, 2.75) is 72.4 Å². The number of halogens is 2. The van der Waals surface area contributed by atoms with Gasteiger partial charge in [-0.3, -0.25) is 4.79 Å². The van der Waals surface area contributed by atoms with E-state index in [1.807, 2.05) is 91.1 Å². The van der Waals surface area contributed by atoms with Gasteiger partial charge in [-0.1, -0.05) is 139 Å². The molecule has 1 atom stereocenters. The Hall–Kier alpha value is -2.44. The second kappa shape index (κ2) is 18.4. The molecule has 250 valence electrons. The molecular formula is C40H49Cl2NO3Ti. The van der Waals surface area contributed by atoms with Crippen molar-refractivity contribution in [1.82, 2.24) is 5.32 Å². The molecule has 3 aromatic carbocycles. The monoisotopic (exact) mass is 709 g/mol. The summed E-state index contributed by atoms with van der Waals surface area (Å²) in [6.45, 7) is 14.7. The van der Waals surface area contributed by atoms with Gasteiger partial charge in [0.15, 0.2) is 5.78 Å². The Balaban J connectivity index is 0.000000663. The van der Waals surface area contributed by atoms with E-state index >= 15 is 0 Å². The van der Waals surface area contributed by atoms with Gasteiger partial charge in [-0.15, -0.1) is 0 Å². The van der Waals surface area contributed by atoms with E-state index in [0.717, 1.165) is 41.1 Å². The number of carbonyl (C=O) groups excluding carboxylic acids is 1. The van der Waals surface area contributed by atoms with Crippen molar-refractivity contribution in [3.05, 3.63) is 143 Å². The van der Waals surface area contributed by atoms with E-state index in [-0.39, 0.29) is 16.6 Å². The van der Waals surface area contributed by atoms with Crippen LogP contribution < -0.4 is 5.32 Å². The molecule has 2 aliphatic rings. The van der Waals surface area contributed by atoms with E-state index < -0.39 is 28.7 Å². The number of nitrogens with one attached hydrogen (secondary N) is 1. The number of ether oxygens (including phenoxy) is 1. The summed E-state index contributed by atoms with van der Waals surface area (Å²) >= 11 is -0.556. The molecule has 4 nitrogen and oxygen atoms in total. The van der Waals surface area contributed by atoms with E-state index in [1.54, 1.807) is 0 Å². The summed E-state index contributed by atoms with van der Waals surface area (Å²) in [6.07, 6.45) is 8.98. The van der Waals surface area contributed by atoms with Crippen molar-refractivity contribution in [3.8, 4) is 0 Å². The molecule has 3 aromatic rings. The second-order valence-electron chi connectivity index (χ2n) is 13.9. The quantitative estimate of drug-likeness (QED) is 0.190. The van der Waals surface area contributed by atoms with Gasteiger partial charge in [0.05, 0.1) is 6.04 Å². The van der Waals surface area contributed by atoms with Crippen LogP contribution in [0.3, 0.4) is 0 Å². The van der Waals surface area contributed by atoms with Crippen LogP contribution in [-0.2, 0) is 38.6 Å². The third kappa shape index (κ3) is 11.3. The van der Waals surface area contributed by atoms with Gasteiger partial charge in [0.2, 0.25) is 0 Å². The zero-order valence-electron chi connectivity index (χ0n) is 28.5. The van der Waals surface area contributed by atoms with Crippen LogP contribution in [0, 0.1) is 10.8 Å². The topological polar surface area (TPSA) is 58.6 Å². The summed E-state index contributed by atoms with van der Waals surface area (Å²) in [6, 6.07) is 29.3. The van der Waals surface area contributed by atoms with Crippen LogP contribution in [0.2, 0.25) is 0 Å². The first kappa shape index (κ1) is 39.0. The molecule has 0 radical (unpaired) electrons. The number of rotatable bonds is 7. The number of aliphatic hydroxyl groups is 1. The number of hydrogen-bond acceptors (Lipinski definition) is 4. The number of carbonyl (C=O) groups is 1. The molecule has 0 amide bonds. The Morgan fingerprint density at radius 3 is 1.66 bits per heavy atom. The van der Waals surface area contributed by atoms with Gasteiger partial charge in [-0.2, -0.15) is 0 Å². The number of hydrogen-bond donors (Lipinski definition) is 2. The van der Waals surface area contributed by atoms with Gasteiger partial charge < -0.3 is 15.2 Å². The molecule has 47 heavy (non-hydrogen) atoms. The summed E-state index contributed by atoms with van der Waals surface area (Å²) < 4.78 is 4.94. The van der Waals surface area contributed by atoms with Crippen molar-refractivity contribution in [3.63, 3.8) is 0 Å². The maximum atomic E-state index is 13.7. The van der Waals surface area contributed by atoms with Crippen molar-refractivity contribution >= 4 is 24.4 Å². The van der Waals surface area contributed by atoms with Crippen LogP contribution in [0.4, 0.5) is 0 Å². The van der Waals surface area contributed by atoms with Crippen molar-refractivity contribution in [2.24, 2.45) is 10.8 Å². The second-order valence-corrected chi connectivity index (χ2v) is 16.5. The Kier molecular flexibility index (Phi) is 15.2. The van der Waals surface area contributed by atoms with E-state index in [4.69, 9.17) is 23.3 Å². The molecule has 2 N–H and O–H groups in total. The Morgan fingerprint density at radius 2 is 1.26 bits per heavy atom. The van der Waals surface area contributed by atoms with Crippen molar-refractivity contribution < 1.29 is 31.7 Å². The SMILES string of the molecule is C1CCOC1.CC(C)(C)C1=C/C(=C/N[C@@H](Cc2ccccc2)C(O)(c2ccccc2)c2ccccc2)C(=O)C(C(C)(C)C)=C1.[Cl][Ti][Cl]. The molecule has 0 bridgehead atoms. The molecule has 1 aliphatic carbocycles. The average Bonchev–Trinajstić information content (AvgIpc) is 3.65. The summed E-state index contributed by atoms with van der Waals surface area (Å²) in [5.41, 5.74) is 3.42. The standard InChI is InChI=1S/C36H41NO2.C4H8O.2ClH.Ti/c1-34(2,3)30-23-27(33(38)31(24-30)35(4,5)6)25-37-32(22-26-16-10-7-11-17-26)36(39,28-18-12-8-13-19-28)29-20-14-9-15-21-29;1-2-4-5-3-1;;;/h7-21,23-25,32,37,39H,22H2,1-6H3;1-4H2;2*1H;/q;;;;+2/p-2/b27-25-;;;;/t32-;;;;/m0..../s1. The van der Waals surface area contributed by atoms with E-state index in [9.17, 15) is 9.90 Å². The van der Waals surface area contributed by atoms with Crippen LogP contribution in [0.25, 0.3) is 0 Å². The number of Topliss-reactive ketones (excluding diaryl/α,β-unsaturated/α-hetero) is 1. The van der Waals surface area contributed by atoms with Gasteiger partial charge in [0.1, 0.15) is 5.60 Å². The first-order valence-corrected chi connectivity index (χ1v) is 20.5. The molecule has 7 heteroatoms. The molecule has 0 aromatic heterocycles. The van der Waals surface area contributed by atoms with Gasteiger partial charge >= 0.3 is 35.6 Å². The molecule has 1 saturated heterocycles. The number of ketones is 1. The zero-order chi connectivity index (χ0) is 34.5. The minimum atomic E-state index is -1.35. The predicted octanol–water partition coefficient (Wildman–Crippen LogP) is 9.71. The van der Waals surface area contributed by atoms with Crippen LogP contribution in [-0.4, -0.2) is 30.1 Å². The van der Waals surface area contributed by atoms with Gasteiger partial charge in [0.25, 0.3) is 0 Å². The fourth-order valence-electron chi connectivity index (χ4n) is 5.58. The third-order valence-corrected chi connectivity index (χ3v) is 8.27. The molecule has 0 unspecified atom stereocenters. The van der Waals surface area contributed by atoms with Crippen LogP contribution >= 0.6 is 18.6 Å². The molecule has 0 saturated carbocycles. The van der Waals surface area contributed by atoms with E-state index in [1.165, 1.54) is 12.8 Å². The molecule has 1 aliphatic heterocycles. The van der Waals surface area contributed by atoms with Gasteiger partial charge in [0, 0.05) is 30.6 Å². The van der Waals surface area contributed by atoms with E-state index in [2.05, 4.69) is 65.1 Å². The summed E-state index contributed by atoms with van der Waals surface area (Å²) in [5.74, 6) is 0.0180. The molecule has 0 spiro atoms. The van der Waals surface area contributed by atoms with Gasteiger partial charge in [-0.25, -0.2) is 0 Å². The van der Waals surface area contributed by atoms with Crippen molar-refractivity contribution in [1.29, 1.82) is 0 Å². The minimum absolute atomic E-state index is 0.0180. The maximum absolute atomic E-state index is 13.7. The Morgan fingerprint density at radius 1 is 0.787 bits per heavy atom. The third-order valence-electron chi connectivity index (χ3n) is 8.27. The van der Waals surface area contributed by atoms with Crippen LogP contribution in [0.5, 0.6) is 0 Å². The summed E-state index contributed by atoms with van der Waals surface area (Å²) in [7, 11) is 9.78. The summed E-state index contributed by atoms with van der Waals surface area (Å²) in [5, 5.41) is 16.2. The zero-order valence-corrected chi connectivity index (χ0v) is 31.6. The first-order valence-electron chi connectivity index (χ1n) is 16.2. The Bertz CT molecular complexity index is 1440.